The SMILES string of the molecule is CCOC(=O)c1c(NC(=S)Nc2ccccc2)sc2c1CC(C(C)C)OC2. The third-order valence-corrected chi connectivity index (χ3v) is 5.73. The number of ether oxygens (including phenoxy) is 2. The van der Waals surface area contributed by atoms with E-state index in [2.05, 4.69) is 24.5 Å². The summed E-state index contributed by atoms with van der Waals surface area (Å²) in [4.78, 5) is 13.7. The molecule has 2 aromatic rings. The molecular weight excluding hydrogens is 380 g/mol. The van der Waals surface area contributed by atoms with Gasteiger partial charge in [-0.15, -0.1) is 11.3 Å². The van der Waals surface area contributed by atoms with Gasteiger partial charge in [0.05, 0.1) is 24.9 Å². The molecule has 2 heterocycles. The number of esters is 1. The highest BCUT2D eigenvalue weighted by atomic mass is 32.1. The molecule has 1 atom stereocenters. The average molecular weight is 405 g/mol. The fourth-order valence-electron chi connectivity index (χ4n) is 3.01. The van der Waals surface area contributed by atoms with Crippen LogP contribution in [0.5, 0.6) is 0 Å². The van der Waals surface area contributed by atoms with E-state index < -0.39 is 0 Å². The van der Waals surface area contributed by atoms with E-state index in [9.17, 15) is 4.79 Å². The van der Waals surface area contributed by atoms with Crippen LogP contribution in [0.4, 0.5) is 10.7 Å². The van der Waals surface area contributed by atoms with E-state index in [0.29, 0.717) is 41.2 Å². The van der Waals surface area contributed by atoms with Gasteiger partial charge in [-0.1, -0.05) is 32.0 Å². The lowest BCUT2D eigenvalue weighted by Gasteiger charge is -2.26. The molecule has 7 heteroatoms. The molecule has 3 rings (SSSR count). The smallest absolute Gasteiger partial charge is 0.341 e. The van der Waals surface area contributed by atoms with Crippen LogP contribution in [0.3, 0.4) is 0 Å². The number of fused-ring (bicyclic) bond motifs is 1. The minimum absolute atomic E-state index is 0.0996. The van der Waals surface area contributed by atoms with Crippen molar-refractivity contribution in [1.29, 1.82) is 0 Å². The van der Waals surface area contributed by atoms with E-state index >= 15 is 0 Å². The van der Waals surface area contributed by atoms with E-state index in [1.54, 1.807) is 0 Å². The Morgan fingerprint density at radius 2 is 2.07 bits per heavy atom. The predicted molar refractivity (Wildman–Crippen MR) is 114 cm³/mol. The van der Waals surface area contributed by atoms with Crippen molar-refractivity contribution in [3.8, 4) is 0 Å². The van der Waals surface area contributed by atoms with E-state index in [1.807, 2.05) is 37.3 Å². The first kappa shape index (κ1) is 19.8. The van der Waals surface area contributed by atoms with E-state index in [0.717, 1.165) is 16.1 Å². The molecule has 0 saturated carbocycles. The Bertz CT molecular complexity index is 818. The molecule has 0 radical (unpaired) electrons. The van der Waals surface area contributed by atoms with Crippen molar-refractivity contribution >= 4 is 45.3 Å². The summed E-state index contributed by atoms with van der Waals surface area (Å²) >= 11 is 6.94. The second-order valence-electron chi connectivity index (χ2n) is 6.67. The van der Waals surface area contributed by atoms with Crippen LogP contribution in [0.25, 0.3) is 0 Å². The summed E-state index contributed by atoms with van der Waals surface area (Å²) in [6.45, 7) is 6.91. The Morgan fingerprint density at radius 1 is 1.33 bits per heavy atom. The molecule has 1 aliphatic heterocycles. The monoisotopic (exact) mass is 404 g/mol. The number of hydrogen-bond donors (Lipinski definition) is 2. The first-order chi connectivity index (χ1) is 13.0. The quantitative estimate of drug-likeness (QED) is 0.550. The minimum atomic E-state index is -0.315. The fourth-order valence-corrected chi connectivity index (χ4v) is 4.44. The highest BCUT2D eigenvalue weighted by Crippen LogP contribution is 2.39. The lowest BCUT2D eigenvalue weighted by molar-refractivity contribution is 0.00124. The maximum atomic E-state index is 12.7. The summed E-state index contributed by atoms with van der Waals surface area (Å²) in [5, 5.41) is 7.47. The average Bonchev–Trinajstić information content (AvgIpc) is 2.99. The summed E-state index contributed by atoms with van der Waals surface area (Å²) in [6, 6.07) is 9.67. The van der Waals surface area contributed by atoms with E-state index in [-0.39, 0.29) is 12.1 Å². The zero-order valence-corrected chi connectivity index (χ0v) is 17.3. The maximum absolute atomic E-state index is 12.7. The zero-order chi connectivity index (χ0) is 19.4. The molecule has 0 aliphatic carbocycles. The Balaban J connectivity index is 1.86. The molecule has 0 amide bonds. The summed E-state index contributed by atoms with van der Waals surface area (Å²) in [6.07, 6.45) is 0.806. The summed E-state index contributed by atoms with van der Waals surface area (Å²) in [5.41, 5.74) is 2.49. The van der Waals surface area contributed by atoms with Crippen LogP contribution >= 0.6 is 23.6 Å². The molecule has 0 bridgehead atoms. The number of carbonyl (C=O) groups is 1. The topological polar surface area (TPSA) is 59.6 Å². The highest BCUT2D eigenvalue weighted by Gasteiger charge is 2.31. The lowest BCUT2D eigenvalue weighted by atomic mass is 9.94. The van der Waals surface area contributed by atoms with Crippen molar-refractivity contribution in [2.45, 2.75) is 39.9 Å². The molecule has 0 saturated heterocycles. The van der Waals surface area contributed by atoms with Gasteiger partial charge in [-0.05, 0) is 42.8 Å². The largest absolute Gasteiger partial charge is 0.462 e. The molecular formula is C20H24N2O3S2. The van der Waals surface area contributed by atoms with E-state index in [1.165, 1.54) is 11.3 Å². The van der Waals surface area contributed by atoms with Gasteiger partial charge in [-0.2, -0.15) is 0 Å². The third-order valence-electron chi connectivity index (χ3n) is 4.41. The Labute approximate surface area is 169 Å². The first-order valence-corrected chi connectivity index (χ1v) is 10.3. The highest BCUT2D eigenvalue weighted by molar-refractivity contribution is 7.80. The Hall–Kier alpha value is -1.96. The van der Waals surface area contributed by atoms with Gasteiger partial charge in [0.1, 0.15) is 5.00 Å². The predicted octanol–water partition coefficient (Wildman–Crippen LogP) is 4.83. The number of para-hydroxylation sites is 1. The molecule has 1 unspecified atom stereocenters. The van der Waals surface area contributed by atoms with Crippen LogP contribution in [0.15, 0.2) is 30.3 Å². The number of nitrogens with one attached hydrogen (secondary N) is 2. The van der Waals surface area contributed by atoms with Gasteiger partial charge in [0.15, 0.2) is 5.11 Å². The minimum Gasteiger partial charge on any atom is -0.462 e. The third kappa shape index (κ3) is 4.66. The summed E-state index contributed by atoms with van der Waals surface area (Å²) in [5.74, 6) is 0.0646. The normalized spacial score (nSPS) is 15.9. The number of anilines is 2. The Morgan fingerprint density at radius 3 is 2.74 bits per heavy atom. The Kier molecular flexibility index (Phi) is 6.46. The van der Waals surface area contributed by atoms with Gasteiger partial charge in [0, 0.05) is 17.0 Å². The van der Waals surface area contributed by atoms with Crippen molar-refractivity contribution in [1.82, 2.24) is 0 Å². The van der Waals surface area contributed by atoms with Crippen LogP contribution in [0.2, 0.25) is 0 Å². The molecule has 27 heavy (non-hydrogen) atoms. The number of thiophene rings is 1. The van der Waals surface area contributed by atoms with Gasteiger partial charge < -0.3 is 20.1 Å². The number of hydrogen-bond acceptors (Lipinski definition) is 5. The van der Waals surface area contributed by atoms with Crippen molar-refractivity contribution < 1.29 is 14.3 Å². The van der Waals surface area contributed by atoms with Gasteiger partial charge in [-0.25, -0.2) is 4.79 Å². The number of rotatable bonds is 5. The second kappa shape index (κ2) is 8.82. The number of thiocarbonyl (C=S) groups is 1. The lowest BCUT2D eigenvalue weighted by Crippen LogP contribution is -2.27. The van der Waals surface area contributed by atoms with Crippen molar-refractivity contribution in [3.63, 3.8) is 0 Å². The maximum Gasteiger partial charge on any atom is 0.341 e. The fraction of sp³-hybridized carbons (Fsp3) is 0.400. The van der Waals surface area contributed by atoms with Crippen LogP contribution in [0.1, 0.15) is 41.6 Å². The number of carbonyl (C=O) groups excluding carboxylic acids is 1. The van der Waals surface area contributed by atoms with Crippen LogP contribution in [0, 0.1) is 5.92 Å². The molecule has 1 aromatic carbocycles. The molecule has 2 N–H and O–H groups in total. The molecule has 1 aliphatic rings. The molecule has 1 aromatic heterocycles. The standard InChI is InChI=1S/C20H24N2O3S2/c1-4-24-19(23)17-14-10-15(12(2)3)25-11-16(14)27-18(17)22-20(26)21-13-8-6-5-7-9-13/h5-9,12,15H,4,10-11H2,1-3H3,(H2,21,22,26). The van der Waals surface area contributed by atoms with Crippen molar-refractivity contribution in [2.75, 3.05) is 17.2 Å². The second-order valence-corrected chi connectivity index (χ2v) is 8.18. The van der Waals surface area contributed by atoms with Gasteiger partial charge in [-0.3, -0.25) is 0 Å². The van der Waals surface area contributed by atoms with Gasteiger partial charge >= 0.3 is 5.97 Å². The van der Waals surface area contributed by atoms with Crippen LogP contribution in [-0.4, -0.2) is 23.8 Å². The first-order valence-electron chi connectivity index (χ1n) is 9.05. The molecule has 5 nitrogen and oxygen atoms in total. The van der Waals surface area contributed by atoms with Gasteiger partial charge in [0.25, 0.3) is 0 Å². The zero-order valence-electron chi connectivity index (χ0n) is 15.7. The molecule has 0 fully saturated rings. The van der Waals surface area contributed by atoms with Gasteiger partial charge in [0.2, 0.25) is 0 Å². The van der Waals surface area contributed by atoms with E-state index in [4.69, 9.17) is 21.7 Å². The number of benzene rings is 1. The molecule has 144 valence electrons. The summed E-state index contributed by atoms with van der Waals surface area (Å²) < 4.78 is 11.3. The van der Waals surface area contributed by atoms with Crippen molar-refractivity contribution in [2.24, 2.45) is 5.92 Å². The van der Waals surface area contributed by atoms with Crippen LogP contribution in [-0.2, 0) is 22.5 Å². The molecule has 0 spiro atoms. The van der Waals surface area contributed by atoms with Crippen LogP contribution < -0.4 is 10.6 Å². The summed E-state index contributed by atoms with van der Waals surface area (Å²) in [7, 11) is 0. The van der Waals surface area contributed by atoms with Crippen molar-refractivity contribution in [3.05, 3.63) is 46.3 Å².